The lowest BCUT2D eigenvalue weighted by atomic mass is 9.97. The summed E-state index contributed by atoms with van der Waals surface area (Å²) in [5, 5.41) is 6.48. The van der Waals surface area contributed by atoms with Gasteiger partial charge in [-0.3, -0.25) is 14.7 Å². The number of amides is 1. The second kappa shape index (κ2) is 5.69. The monoisotopic (exact) mass is 343 g/mol. The Hall–Kier alpha value is -2.78. The quantitative estimate of drug-likeness (QED) is 0.843. The number of carbonyl (C=O) groups excluding carboxylic acids is 2. The highest BCUT2D eigenvalue weighted by atomic mass is 19.4. The number of carbonyl (C=O) groups is 2. The Balaban J connectivity index is 1.91. The van der Waals surface area contributed by atoms with Gasteiger partial charge in [0.15, 0.2) is 5.76 Å². The lowest BCUT2D eigenvalue weighted by Gasteiger charge is -2.30. The van der Waals surface area contributed by atoms with Crippen LogP contribution in [0, 0.1) is 5.92 Å². The number of nitrogens with zero attached hydrogens (tertiary/aromatic N) is 2. The van der Waals surface area contributed by atoms with E-state index < -0.39 is 35.5 Å². The van der Waals surface area contributed by atoms with Crippen LogP contribution in [0.4, 0.5) is 18.9 Å². The number of H-pyrrole nitrogens is 1. The number of methoxy groups -OCH3 is 1. The molecule has 2 aromatic heterocycles. The molecule has 1 aliphatic rings. The van der Waals surface area contributed by atoms with Gasteiger partial charge in [0.2, 0.25) is 5.76 Å². The molecule has 10 heteroatoms. The first-order valence-electron chi connectivity index (χ1n) is 6.90. The Kier molecular flexibility index (Phi) is 3.82. The van der Waals surface area contributed by atoms with Crippen molar-refractivity contribution in [3.05, 3.63) is 35.5 Å². The summed E-state index contributed by atoms with van der Waals surface area (Å²) >= 11 is 0. The van der Waals surface area contributed by atoms with Crippen molar-refractivity contribution in [1.82, 2.24) is 10.2 Å². The Bertz CT molecular complexity index is 780. The number of alkyl halides is 3. The van der Waals surface area contributed by atoms with Gasteiger partial charge in [-0.2, -0.15) is 18.3 Å². The largest absolute Gasteiger partial charge is 0.469 e. The Labute approximate surface area is 133 Å². The van der Waals surface area contributed by atoms with E-state index in [0.717, 1.165) is 11.0 Å². The van der Waals surface area contributed by atoms with Crippen molar-refractivity contribution in [2.24, 2.45) is 5.92 Å². The van der Waals surface area contributed by atoms with Gasteiger partial charge in [0.25, 0.3) is 5.91 Å². The van der Waals surface area contributed by atoms with Crippen molar-refractivity contribution >= 4 is 17.6 Å². The van der Waals surface area contributed by atoms with Gasteiger partial charge in [-0.15, -0.1) is 0 Å². The van der Waals surface area contributed by atoms with E-state index >= 15 is 0 Å². The molecule has 24 heavy (non-hydrogen) atoms. The molecule has 0 aliphatic carbocycles. The van der Waals surface area contributed by atoms with Crippen molar-refractivity contribution in [3.63, 3.8) is 0 Å². The fourth-order valence-corrected chi connectivity index (χ4v) is 2.57. The van der Waals surface area contributed by atoms with Crippen LogP contribution >= 0.6 is 0 Å². The van der Waals surface area contributed by atoms with Crippen molar-refractivity contribution in [1.29, 1.82) is 0 Å². The first kappa shape index (κ1) is 16.1. The van der Waals surface area contributed by atoms with Crippen LogP contribution in [0.5, 0.6) is 0 Å². The van der Waals surface area contributed by atoms with Crippen LogP contribution in [0.15, 0.2) is 22.7 Å². The average Bonchev–Trinajstić information content (AvgIpc) is 3.20. The van der Waals surface area contributed by atoms with E-state index in [0.29, 0.717) is 17.4 Å². The van der Waals surface area contributed by atoms with Crippen molar-refractivity contribution in [2.75, 3.05) is 18.6 Å². The van der Waals surface area contributed by atoms with E-state index in [1.165, 1.54) is 13.3 Å². The Morgan fingerprint density at radius 2 is 2.17 bits per heavy atom. The number of ether oxygens (including phenoxy) is 1. The number of hydrogen-bond donors (Lipinski definition) is 1. The minimum absolute atomic E-state index is 0.0416. The molecule has 0 radical (unpaired) electrons. The van der Waals surface area contributed by atoms with Crippen molar-refractivity contribution in [3.8, 4) is 0 Å². The number of esters is 1. The topological polar surface area (TPSA) is 88.4 Å². The number of halogens is 3. The molecule has 0 aromatic carbocycles. The Morgan fingerprint density at radius 1 is 1.42 bits per heavy atom. The van der Waals surface area contributed by atoms with Gasteiger partial charge in [-0.25, -0.2) is 0 Å². The van der Waals surface area contributed by atoms with Gasteiger partial charge in [0.1, 0.15) is 0 Å². The number of furan rings is 1. The SMILES string of the molecule is COC(=O)C1Cc2[nH]ncc2N(C(=O)c2ccc(C(F)(F)F)o2)C1. The molecular formula is C14H12F3N3O4. The van der Waals surface area contributed by atoms with Crippen molar-refractivity contribution < 1.29 is 31.9 Å². The number of aromatic nitrogens is 2. The average molecular weight is 343 g/mol. The summed E-state index contributed by atoms with van der Waals surface area (Å²) in [5.41, 5.74) is 0.915. The molecule has 1 amide bonds. The Morgan fingerprint density at radius 3 is 2.79 bits per heavy atom. The summed E-state index contributed by atoms with van der Waals surface area (Å²) in [6.07, 6.45) is -3.03. The lowest BCUT2D eigenvalue weighted by Crippen LogP contribution is -2.42. The number of fused-ring (bicyclic) bond motifs is 1. The lowest BCUT2D eigenvalue weighted by molar-refractivity contribution is -0.153. The van der Waals surface area contributed by atoms with Crippen LogP contribution in [0.1, 0.15) is 22.0 Å². The standard InChI is InChI=1S/C14H12F3N3O4/c1-23-13(22)7-4-8-9(5-18-19-8)20(6-7)12(21)10-2-3-11(24-10)14(15,16)17/h2-3,5,7H,4,6H2,1H3,(H,18,19). The third-order valence-corrected chi connectivity index (χ3v) is 3.72. The molecule has 1 aliphatic heterocycles. The zero-order valence-corrected chi connectivity index (χ0v) is 12.4. The molecule has 0 fully saturated rings. The molecule has 7 nitrogen and oxygen atoms in total. The van der Waals surface area contributed by atoms with Gasteiger partial charge in [-0.1, -0.05) is 0 Å². The maximum atomic E-state index is 12.6. The van der Waals surface area contributed by atoms with Crippen LogP contribution < -0.4 is 4.90 Å². The molecule has 2 aromatic rings. The minimum Gasteiger partial charge on any atom is -0.469 e. The molecule has 3 heterocycles. The van der Waals surface area contributed by atoms with Gasteiger partial charge in [0, 0.05) is 13.0 Å². The van der Waals surface area contributed by atoms with Gasteiger partial charge < -0.3 is 14.1 Å². The summed E-state index contributed by atoms with van der Waals surface area (Å²) in [6.45, 7) is -0.0416. The normalized spacial score (nSPS) is 17.5. The number of hydrogen-bond acceptors (Lipinski definition) is 5. The maximum Gasteiger partial charge on any atom is 0.449 e. The van der Waals surface area contributed by atoms with Gasteiger partial charge in [0.05, 0.1) is 30.6 Å². The van der Waals surface area contributed by atoms with Crippen molar-refractivity contribution in [2.45, 2.75) is 12.6 Å². The summed E-state index contributed by atoms with van der Waals surface area (Å²) in [4.78, 5) is 25.5. The van der Waals surface area contributed by atoms with Gasteiger partial charge in [-0.05, 0) is 12.1 Å². The first-order chi connectivity index (χ1) is 11.3. The first-order valence-corrected chi connectivity index (χ1v) is 6.90. The molecule has 0 spiro atoms. The molecule has 1 N–H and O–H groups in total. The summed E-state index contributed by atoms with van der Waals surface area (Å²) < 4.78 is 47.1. The number of anilines is 1. The number of nitrogens with one attached hydrogen (secondary N) is 1. The molecule has 0 saturated heterocycles. The molecule has 1 atom stereocenters. The zero-order valence-electron chi connectivity index (χ0n) is 12.4. The van der Waals surface area contributed by atoms with Gasteiger partial charge >= 0.3 is 12.1 Å². The molecule has 0 bridgehead atoms. The molecule has 128 valence electrons. The summed E-state index contributed by atoms with van der Waals surface area (Å²) in [5.74, 6) is -3.70. The maximum absolute atomic E-state index is 12.6. The highest BCUT2D eigenvalue weighted by Crippen LogP contribution is 2.33. The molecule has 0 saturated carbocycles. The summed E-state index contributed by atoms with van der Waals surface area (Å²) in [6, 6.07) is 1.64. The molecular weight excluding hydrogens is 331 g/mol. The molecule has 3 rings (SSSR count). The third-order valence-electron chi connectivity index (χ3n) is 3.72. The number of aromatic amines is 1. The van der Waals surface area contributed by atoms with E-state index in [1.807, 2.05) is 0 Å². The van der Waals surface area contributed by atoms with E-state index in [2.05, 4.69) is 19.4 Å². The van der Waals surface area contributed by atoms with Crippen LogP contribution in [0.2, 0.25) is 0 Å². The van der Waals surface area contributed by atoms with Crippen LogP contribution in [-0.2, 0) is 22.1 Å². The van der Waals surface area contributed by atoms with E-state index in [9.17, 15) is 22.8 Å². The van der Waals surface area contributed by atoms with E-state index in [1.54, 1.807) is 0 Å². The predicted octanol–water partition coefficient (Wildman–Crippen LogP) is 2.01. The molecule has 1 unspecified atom stereocenters. The second-order valence-electron chi connectivity index (χ2n) is 5.24. The van der Waals surface area contributed by atoms with Crippen LogP contribution in [0.3, 0.4) is 0 Å². The van der Waals surface area contributed by atoms with Crippen LogP contribution in [-0.4, -0.2) is 35.7 Å². The smallest absolute Gasteiger partial charge is 0.449 e. The van der Waals surface area contributed by atoms with E-state index in [-0.39, 0.29) is 13.0 Å². The third kappa shape index (κ3) is 2.74. The summed E-state index contributed by atoms with van der Waals surface area (Å²) in [7, 11) is 1.22. The number of rotatable bonds is 2. The van der Waals surface area contributed by atoms with E-state index in [4.69, 9.17) is 0 Å². The minimum atomic E-state index is -4.68. The zero-order chi connectivity index (χ0) is 17.5. The highest BCUT2D eigenvalue weighted by molar-refractivity contribution is 6.05. The highest BCUT2D eigenvalue weighted by Gasteiger charge is 2.38. The fourth-order valence-electron chi connectivity index (χ4n) is 2.57. The van der Waals surface area contributed by atoms with Crippen LogP contribution in [0.25, 0.3) is 0 Å². The fraction of sp³-hybridized carbons (Fsp3) is 0.357. The predicted molar refractivity (Wildman–Crippen MR) is 73.2 cm³/mol. The second-order valence-corrected chi connectivity index (χ2v) is 5.24.